The summed E-state index contributed by atoms with van der Waals surface area (Å²) >= 11 is 1.57. The zero-order chi connectivity index (χ0) is 23.1. The molecule has 0 aliphatic heterocycles. The molecule has 7 nitrogen and oxygen atoms in total. The van der Waals surface area contributed by atoms with Gasteiger partial charge in [0.15, 0.2) is 0 Å². The highest BCUT2D eigenvalue weighted by molar-refractivity contribution is 7.98. The highest BCUT2D eigenvalue weighted by atomic mass is 32.2. The van der Waals surface area contributed by atoms with Crippen LogP contribution in [0.4, 0.5) is 5.69 Å². The van der Waals surface area contributed by atoms with Crippen LogP contribution < -0.4 is 10.6 Å². The number of benzene rings is 3. The van der Waals surface area contributed by atoms with Gasteiger partial charge in [-0.05, 0) is 53.8 Å². The van der Waals surface area contributed by atoms with Gasteiger partial charge in [0.05, 0.1) is 11.0 Å². The molecule has 0 heterocycles. The molecule has 3 aromatic rings. The molecule has 0 spiro atoms. The number of carbonyl (C=O) groups is 2. The minimum atomic E-state index is -0.753. The van der Waals surface area contributed by atoms with Crippen LogP contribution in [0.1, 0.15) is 35.3 Å². The van der Waals surface area contributed by atoms with E-state index in [9.17, 15) is 19.7 Å². The van der Waals surface area contributed by atoms with Crippen molar-refractivity contribution >= 4 is 40.0 Å². The highest BCUT2D eigenvalue weighted by Gasteiger charge is 2.23. The molecule has 3 rings (SSSR count). The van der Waals surface area contributed by atoms with E-state index in [1.165, 1.54) is 24.3 Å². The van der Waals surface area contributed by atoms with Crippen LogP contribution in [0.3, 0.4) is 0 Å². The summed E-state index contributed by atoms with van der Waals surface area (Å²) in [5.41, 5.74) is 0.932. The summed E-state index contributed by atoms with van der Waals surface area (Å²) in [6.45, 7) is 1.90. The number of rotatable bonds is 9. The number of nitro groups is 1. The Labute approximate surface area is 190 Å². The van der Waals surface area contributed by atoms with Crippen LogP contribution in [0.15, 0.2) is 66.7 Å². The van der Waals surface area contributed by atoms with Gasteiger partial charge in [-0.15, -0.1) is 0 Å². The second kappa shape index (κ2) is 10.8. The molecule has 2 unspecified atom stereocenters. The maximum Gasteiger partial charge on any atom is 0.270 e. The molecule has 0 aromatic heterocycles. The lowest BCUT2D eigenvalue weighted by atomic mass is 10.0. The van der Waals surface area contributed by atoms with Crippen molar-refractivity contribution in [2.75, 3.05) is 12.0 Å². The van der Waals surface area contributed by atoms with Crippen molar-refractivity contribution in [1.29, 1.82) is 0 Å². The fraction of sp³-hybridized carbons (Fsp3) is 0.250. The molecule has 3 aromatic carbocycles. The van der Waals surface area contributed by atoms with Crippen molar-refractivity contribution in [2.24, 2.45) is 0 Å². The number of nitrogens with one attached hydrogen (secondary N) is 2. The number of hydrogen-bond acceptors (Lipinski definition) is 5. The molecule has 2 atom stereocenters. The largest absolute Gasteiger partial charge is 0.348 e. The molecule has 0 bridgehead atoms. The van der Waals surface area contributed by atoms with E-state index >= 15 is 0 Å². The average Bonchev–Trinajstić information content (AvgIpc) is 2.81. The summed E-state index contributed by atoms with van der Waals surface area (Å²) in [6.07, 6.45) is 2.37. The molecular formula is C24H25N3O4S. The summed E-state index contributed by atoms with van der Waals surface area (Å²) in [5.74, 6) is -0.135. The molecule has 0 radical (unpaired) electrons. The number of nitro benzene ring substituents is 1. The van der Waals surface area contributed by atoms with E-state index in [4.69, 9.17) is 0 Å². The lowest BCUT2D eigenvalue weighted by molar-refractivity contribution is -0.384. The Morgan fingerprint density at radius 3 is 2.47 bits per heavy atom. The van der Waals surface area contributed by atoms with Crippen molar-refractivity contribution in [3.8, 4) is 0 Å². The molecular weight excluding hydrogens is 426 g/mol. The zero-order valence-electron chi connectivity index (χ0n) is 17.9. The first kappa shape index (κ1) is 23.3. The molecule has 0 saturated carbocycles. The standard InChI is InChI=1S/C24H25N3O4S/c1-16(18-11-10-17-6-3-4-7-19(17)14-18)25-24(29)22(12-13-32-2)26-23(28)20-8-5-9-21(15-20)27(30)31/h3-11,14-16,22H,12-13H2,1-2H3,(H,25,29)(H,26,28). The lowest BCUT2D eigenvalue weighted by Gasteiger charge is -2.22. The van der Waals surface area contributed by atoms with Gasteiger partial charge in [-0.3, -0.25) is 19.7 Å². The van der Waals surface area contributed by atoms with Crippen LogP contribution in [-0.4, -0.2) is 34.8 Å². The van der Waals surface area contributed by atoms with Crippen LogP contribution in [0, 0.1) is 10.1 Å². The molecule has 0 aliphatic carbocycles. The maximum absolute atomic E-state index is 13.0. The topological polar surface area (TPSA) is 101 Å². The summed E-state index contributed by atoms with van der Waals surface area (Å²) in [7, 11) is 0. The van der Waals surface area contributed by atoms with Crippen molar-refractivity contribution in [1.82, 2.24) is 10.6 Å². The number of non-ortho nitro benzene ring substituents is 1. The van der Waals surface area contributed by atoms with E-state index in [2.05, 4.69) is 10.6 Å². The Bertz CT molecular complexity index is 1130. The number of fused-ring (bicyclic) bond motifs is 1. The Hall–Kier alpha value is -3.39. The fourth-order valence-corrected chi connectivity index (χ4v) is 3.85. The number of amides is 2. The van der Waals surface area contributed by atoms with Gasteiger partial charge in [0, 0.05) is 17.7 Å². The SMILES string of the molecule is CSCCC(NC(=O)c1cccc([N+](=O)[O-])c1)C(=O)NC(C)c1ccc2ccccc2c1. The monoisotopic (exact) mass is 451 g/mol. The highest BCUT2D eigenvalue weighted by Crippen LogP contribution is 2.20. The maximum atomic E-state index is 13.0. The van der Waals surface area contributed by atoms with Crippen LogP contribution >= 0.6 is 11.8 Å². The third-order valence-corrected chi connectivity index (χ3v) is 5.83. The van der Waals surface area contributed by atoms with Gasteiger partial charge in [0.1, 0.15) is 6.04 Å². The van der Waals surface area contributed by atoms with Gasteiger partial charge in [0.2, 0.25) is 5.91 Å². The molecule has 2 amide bonds. The summed E-state index contributed by atoms with van der Waals surface area (Å²) in [6, 6.07) is 18.5. The summed E-state index contributed by atoms with van der Waals surface area (Å²) in [4.78, 5) is 36.1. The van der Waals surface area contributed by atoms with Gasteiger partial charge in [0.25, 0.3) is 11.6 Å². The smallest absolute Gasteiger partial charge is 0.270 e. The van der Waals surface area contributed by atoms with Gasteiger partial charge < -0.3 is 10.6 Å². The normalized spacial score (nSPS) is 12.7. The first-order valence-corrected chi connectivity index (χ1v) is 11.6. The van der Waals surface area contributed by atoms with E-state index in [1.54, 1.807) is 11.8 Å². The van der Waals surface area contributed by atoms with E-state index in [0.29, 0.717) is 12.2 Å². The minimum Gasteiger partial charge on any atom is -0.348 e. The second-order valence-corrected chi connectivity index (χ2v) is 8.44. The van der Waals surface area contributed by atoms with Crippen LogP contribution in [0.2, 0.25) is 0 Å². The van der Waals surface area contributed by atoms with Gasteiger partial charge >= 0.3 is 0 Å². The van der Waals surface area contributed by atoms with Crippen LogP contribution in [0.5, 0.6) is 0 Å². The molecule has 8 heteroatoms. The van der Waals surface area contributed by atoms with Crippen molar-refractivity contribution < 1.29 is 14.5 Å². The van der Waals surface area contributed by atoms with Crippen molar-refractivity contribution in [2.45, 2.75) is 25.4 Å². The molecule has 166 valence electrons. The Balaban J connectivity index is 1.72. The van der Waals surface area contributed by atoms with E-state index in [0.717, 1.165) is 16.3 Å². The molecule has 0 saturated heterocycles. The van der Waals surface area contributed by atoms with Crippen molar-refractivity contribution in [3.63, 3.8) is 0 Å². The van der Waals surface area contributed by atoms with E-state index in [1.807, 2.05) is 55.6 Å². The van der Waals surface area contributed by atoms with Crippen molar-refractivity contribution in [3.05, 3.63) is 88.0 Å². The van der Waals surface area contributed by atoms with E-state index < -0.39 is 16.9 Å². The quantitative estimate of drug-likeness (QED) is 0.369. The first-order chi connectivity index (χ1) is 15.4. The predicted molar refractivity (Wildman–Crippen MR) is 128 cm³/mol. The number of hydrogen-bond donors (Lipinski definition) is 2. The summed E-state index contributed by atoms with van der Waals surface area (Å²) in [5, 5.41) is 18.9. The molecule has 2 N–H and O–H groups in total. The van der Waals surface area contributed by atoms with Gasteiger partial charge in [-0.2, -0.15) is 11.8 Å². The molecule has 0 fully saturated rings. The van der Waals surface area contributed by atoms with Crippen LogP contribution in [0.25, 0.3) is 10.8 Å². The number of carbonyl (C=O) groups excluding carboxylic acids is 2. The Morgan fingerprint density at radius 2 is 1.75 bits per heavy atom. The predicted octanol–water partition coefficient (Wildman–Crippen LogP) is 4.48. The number of nitrogens with zero attached hydrogens (tertiary/aromatic N) is 1. The second-order valence-electron chi connectivity index (χ2n) is 7.45. The third kappa shape index (κ3) is 5.85. The van der Waals surface area contributed by atoms with Gasteiger partial charge in [-0.25, -0.2) is 0 Å². The first-order valence-electron chi connectivity index (χ1n) is 10.2. The average molecular weight is 452 g/mol. The lowest BCUT2D eigenvalue weighted by Crippen LogP contribution is -2.47. The Morgan fingerprint density at radius 1 is 1.00 bits per heavy atom. The fourth-order valence-electron chi connectivity index (χ4n) is 3.38. The third-order valence-electron chi connectivity index (χ3n) is 5.18. The van der Waals surface area contributed by atoms with E-state index in [-0.39, 0.29) is 23.2 Å². The zero-order valence-corrected chi connectivity index (χ0v) is 18.7. The Kier molecular flexibility index (Phi) is 7.83. The van der Waals surface area contributed by atoms with Crippen LogP contribution in [-0.2, 0) is 4.79 Å². The molecule has 0 aliphatic rings. The van der Waals surface area contributed by atoms with Gasteiger partial charge in [-0.1, -0.05) is 42.5 Å². The summed E-state index contributed by atoms with van der Waals surface area (Å²) < 4.78 is 0. The molecule has 32 heavy (non-hydrogen) atoms. The minimum absolute atomic E-state index is 0.142. The number of thioether (sulfide) groups is 1.